The van der Waals surface area contributed by atoms with E-state index in [1.54, 1.807) is 29.7 Å². The van der Waals surface area contributed by atoms with Crippen LogP contribution in [0.2, 0.25) is 0 Å². The molecule has 11 nitrogen and oxygen atoms in total. The molecule has 0 atom stereocenters. The first kappa shape index (κ1) is 27.5. The Morgan fingerprint density at radius 1 is 0.972 bits per heavy atom. The molecule has 0 aliphatic carbocycles. The van der Waals surface area contributed by atoms with Gasteiger partial charge in [-0.2, -0.15) is 4.37 Å². The lowest BCUT2D eigenvalue weighted by Crippen LogP contribution is -2.38. The summed E-state index contributed by atoms with van der Waals surface area (Å²) in [5.74, 6) is 1.55. The Balaban J connectivity index is 1.44. The van der Waals surface area contributed by atoms with Crippen molar-refractivity contribution in [2.45, 2.75) is 78.6 Å². The molecule has 12 heteroatoms. The summed E-state index contributed by atoms with van der Waals surface area (Å²) in [6.07, 6.45) is 8.91. The third-order valence-electron chi connectivity index (χ3n) is 5.77. The highest BCUT2D eigenvalue weighted by molar-refractivity contribution is 7.05. The Bertz CT molecular complexity index is 1000. The molecule has 3 aromatic heterocycles. The van der Waals surface area contributed by atoms with Crippen molar-refractivity contribution in [3.05, 3.63) is 47.3 Å². The van der Waals surface area contributed by atoms with Gasteiger partial charge >= 0.3 is 0 Å². The first-order chi connectivity index (χ1) is 17.3. The molecule has 0 aliphatic heterocycles. The first-order valence-corrected chi connectivity index (χ1v) is 13.2. The van der Waals surface area contributed by atoms with Crippen LogP contribution in [-0.2, 0) is 35.5 Å². The number of aromatic amines is 2. The SMILES string of the molecule is CC(C)N(CCCCNC(=O)Cc1nc(CC(=O)N(Cc2ncc[nH]2)Cc2ncc[nH]2)ns1)C(C)C. The van der Waals surface area contributed by atoms with E-state index in [2.05, 4.69) is 67.2 Å². The topological polar surface area (TPSA) is 136 Å². The average molecular weight is 516 g/mol. The molecule has 196 valence electrons. The van der Waals surface area contributed by atoms with Gasteiger partial charge in [-0.25, -0.2) is 15.0 Å². The molecule has 3 N–H and O–H groups in total. The van der Waals surface area contributed by atoms with Crippen LogP contribution in [0.15, 0.2) is 24.8 Å². The van der Waals surface area contributed by atoms with Gasteiger partial charge in [-0.1, -0.05) is 0 Å². The van der Waals surface area contributed by atoms with Crippen LogP contribution in [0.1, 0.15) is 63.0 Å². The van der Waals surface area contributed by atoms with Crippen molar-refractivity contribution in [1.82, 2.24) is 44.4 Å². The Kier molecular flexibility index (Phi) is 10.6. The predicted molar refractivity (Wildman–Crippen MR) is 138 cm³/mol. The molecule has 0 saturated carbocycles. The molecule has 0 aliphatic rings. The number of hydrogen-bond acceptors (Lipinski definition) is 8. The second-order valence-corrected chi connectivity index (χ2v) is 10.1. The van der Waals surface area contributed by atoms with Crippen molar-refractivity contribution in [1.29, 1.82) is 0 Å². The summed E-state index contributed by atoms with van der Waals surface area (Å²) < 4.78 is 4.30. The molecular formula is C24H37N9O2S. The van der Waals surface area contributed by atoms with Crippen molar-refractivity contribution in [2.24, 2.45) is 0 Å². The minimum Gasteiger partial charge on any atom is -0.356 e. The third kappa shape index (κ3) is 8.83. The Morgan fingerprint density at radius 2 is 1.61 bits per heavy atom. The summed E-state index contributed by atoms with van der Waals surface area (Å²) in [5.41, 5.74) is 0. The monoisotopic (exact) mass is 515 g/mol. The number of carbonyl (C=O) groups excluding carboxylic acids is 2. The zero-order valence-corrected chi connectivity index (χ0v) is 22.3. The third-order valence-corrected chi connectivity index (χ3v) is 6.52. The van der Waals surface area contributed by atoms with E-state index < -0.39 is 0 Å². The summed E-state index contributed by atoms with van der Waals surface area (Å²) in [6, 6.07) is 1.03. The first-order valence-electron chi connectivity index (χ1n) is 12.4. The average Bonchev–Trinajstić information content (AvgIpc) is 3.59. The quantitative estimate of drug-likeness (QED) is 0.264. The summed E-state index contributed by atoms with van der Waals surface area (Å²) in [5, 5.41) is 3.57. The molecule has 3 aromatic rings. The maximum atomic E-state index is 13.0. The Hall–Kier alpha value is -3.12. The molecular weight excluding hydrogens is 478 g/mol. The zero-order valence-electron chi connectivity index (χ0n) is 21.5. The van der Waals surface area contributed by atoms with E-state index in [-0.39, 0.29) is 24.7 Å². The van der Waals surface area contributed by atoms with E-state index >= 15 is 0 Å². The predicted octanol–water partition coefficient (Wildman–Crippen LogP) is 2.31. The lowest BCUT2D eigenvalue weighted by atomic mass is 10.2. The van der Waals surface area contributed by atoms with Gasteiger partial charge in [-0.3, -0.25) is 14.5 Å². The van der Waals surface area contributed by atoms with E-state index in [0.29, 0.717) is 54.2 Å². The van der Waals surface area contributed by atoms with Crippen LogP contribution in [0.5, 0.6) is 0 Å². The minimum absolute atomic E-state index is 0.0434. The summed E-state index contributed by atoms with van der Waals surface area (Å²) in [6.45, 7) is 11.1. The molecule has 0 saturated heterocycles. The van der Waals surface area contributed by atoms with Gasteiger partial charge < -0.3 is 20.2 Å². The van der Waals surface area contributed by atoms with Crippen LogP contribution < -0.4 is 5.32 Å². The zero-order chi connectivity index (χ0) is 25.9. The summed E-state index contributed by atoms with van der Waals surface area (Å²) >= 11 is 1.16. The normalized spacial score (nSPS) is 11.5. The number of hydrogen-bond donors (Lipinski definition) is 3. The fourth-order valence-corrected chi connectivity index (χ4v) is 4.66. The van der Waals surface area contributed by atoms with Gasteiger partial charge in [0.25, 0.3) is 0 Å². The van der Waals surface area contributed by atoms with Crippen molar-refractivity contribution < 1.29 is 9.59 Å². The minimum atomic E-state index is -0.145. The molecule has 0 fully saturated rings. The Labute approximate surface area is 216 Å². The molecule has 36 heavy (non-hydrogen) atoms. The van der Waals surface area contributed by atoms with Gasteiger partial charge in [0.05, 0.1) is 25.9 Å². The largest absolute Gasteiger partial charge is 0.356 e. The second-order valence-electron chi connectivity index (χ2n) is 9.26. The fourth-order valence-electron chi connectivity index (χ4n) is 4.00. The van der Waals surface area contributed by atoms with Crippen LogP contribution in [-0.4, -0.2) is 76.1 Å². The number of aromatic nitrogens is 6. The number of nitrogens with zero attached hydrogens (tertiary/aromatic N) is 6. The molecule has 3 heterocycles. The lowest BCUT2D eigenvalue weighted by Gasteiger charge is -2.30. The fraction of sp³-hybridized carbons (Fsp3) is 0.583. The standard InChI is InChI=1S/C24H37N9O2S/c1-17(2)33(18(3)4)12-6-5-7-29-22(34)14-23-30-19(31-36-23)13-24(35)32(15-20-25-8-9-26-20)16-21-27-10-11-28-21/h8-11,17-18H,5-7,12-16H2,1-4H3,(H,25,26)(H,27,28)(H,29,34). The van der Waals surface area contributed by atoms with E-state index in [1.165, 1.54) is 0 Å². The van der Waals surface area contributed by atoms with Crippen LogP contribution >= 0.6 is 11.5 Å². The van der Waals surface area contributed by atoms with Crippen molar-refractivity contribution >= 4 is 23.3 Å². The maximum absolute atomic E-state index is 13.0. The van der Waals surface area contributed by atoms with Gasteiger partial charge in [0, 0.05) is 43.4 Å². The highest BCUT2D eigenvalue weighted by Gasteiger charge is 2.20. The molecule has 0 aromatic carbocycles. The van der Waals surface area contributed by atoms with Crippen LogP contribution in [0.4, 0.5) is 0 Å². The molecule has 3 rings (SSSR count). The second kappa shape index (κ2) is 13.8. The van der Waals surface area contributed by atoms with E-state index in [1.807, 2.05) is 0 Å². The highest BCUT2D eigenvalue weighted by Crippen LogP contribution is 2.11. The van der Waals surface area contributed by atoms with Gasteiger partial charge in [0.15, 0.2) is 5.82 Å². The summed E-state index contributed by atoms with van der Waals surface area (Å²) in [4.78, 5) is 48.3. The number of H-pyrrole nitrogens is 2. The Morgan fingerprint density at radius 3 is 2.17 bits per heavy atom. The van der Waals surface area contributed by atoms with E-state index in [9.17, 15) is 9.59 Å². The number of imidazole rings is 2. The maximum Gasteiger partial charge on any atom is 0.231 e. The summed E-state index contributed by atoms with van der Waals surface area (Å²) in [7, 11) is 0. The molecule has 0 unspecified atom stereocenters. The van der Waals surface area contributed by atoms with Crippen molar-refractivity contribution in [2.75, 3.05) is 13.1 Å². The lowest BCUT2D eigenvalue weighted by molar-refractivity contribution is -0.132. The van der Waals surface area contributed by atoms with Gasteiger partial charge in [-0.15, -0.1) is 0 Å². The van der Waals surface area contributed by atoms with Crippen LogP contribution in [0.25, 0.3) is 0 Å². The number of carbonyl (C=O) groups is 2. The number of nitrogens with one attached hydrogen (secondary N) is 3. The van der Waals surface area contributed by atoms with Gasteiger partial charge in [0.2, 0.25) is 11.8 Å². The van der Waals surface area contributed by atoms with Crippen LogP contribution in [0.3, 0.4) is 0 Å². The van der Waals surface area contributed by atoms with E-state index in [4.69, 9.17) is 0 Å². The number of amides is 2. The van der Waals surface area contributed by atoms with Crippen LogP contribution in [0, 0.1) is 0 Å². The van der Waals surface area contributed by atoms with Gasteiger partial charge in [0.1, 0.15) is 16.7 Å². The number of unbranched alkanes of at least 4 members (excludes halogenated alkanes) is 1. The van der Waals surface area contributed by atoms with Gasteiger partial charge in [-0.05, 0) is 58.6 Å². The molecule has 0 radical (unpaired) electrons. The van der Waals surface area contributed by atoms with Crippen molar-refractivity contribution in [3.8, 4) is 0 Å². The molecule has 0 spiro atoms. The van der Waals surface area contributed by atoms with Crippen molar-refractivity contribution in [3.63, 3.8) is 0 Å². The highest BCUT2D eigenvalue weighted by atomic mass is 32.1. The number of rotatable bonds is 15. The molecule has 2 amide bonds. The smallest absolute Gasteiger partial charge is 0.231 e. The molecule has 0 bridgehead atoms. The van der Waals surface area contributed by atoms with E-state index in [0.717, 1.165) is 30.9 Å².